The minimum atomic E-state index is -0.926. The Morgan fingerprint density at radius 2 is 2.09 bits per heavy atom. The maximum atomic E-state index is 13.9. The third-order valence-electron chi connectivity index (χ3n) is 6.18. The SMILES string of the molecule is Cn1ncc(Cl)c1-c1cc(C(=O)C[C@@H]2CNC(CCO)C[C@H]2c2ccc(F)c(F)c2)oc1Cl. The molecule has 2 aromatic heterocycles. The van der Waals surface area contributed by atoms with Crippen LogP contribution in [0.3, 0.4) is 0 Å². The molecule has 0 spiro atoms. The van der Waals surface area contributed by atoms with E-state index >= 15 is 0 Å². The van der Waals surface area contributed by atoms with Crippen LogP contribution in [0.2, 0.25) is 10.2 Å². The van der Waals surface area contributed by atoms with E-state index in [0.717, 1.165) is 6.07 Å². The molecule has 33 heavy (non-hydrogen) atoms. The molecule has 10 heteroatoms. The summed E-state index contributed by atoms with van der Waals surface area (Å²) in [6, 6.07) is 5.39. The fourth-order valence-corrected chi connectivity index (χ4v) is 5.00. The summed E-state index contributed by atoms with van der Waals surface area (Å²) in [5.74, 6) is -2.40. The molecule has 3 atom stereocenters. The number of hydrogen-bond acceptors (Lipinski definition) is 5. The van der Waals surface area contributed by atoms with E-state index < -0.39 is 11.6 Å². The zero-order chi connectivity index (χ0) is 23.7. The van der Waals surface area contributed by atoms with Crippen LogP contribution >= 0.6 is 23.2 Å². The maximum Gasteiger partial charge on any atom is 0.203 e. The number of ketones is 1. The van der Waals surface area contributed by atoms with Gasteiger partial charge in [0.05, 0.1) is 22.5 Å². The van der Waals surface area contributed by atoms with Gasteiger partial charge in [0.15, 0.2) is 23.2 Å². The van der Waals surface area contributed by atoms with Crippen LogP contribution in [-0.2, 0) is 7.05 Å². The summed E-state index contributed by atoms with van der Waals surface area (Å²) in [5, 5.41) is 17.1. The van der Waals surface area contributed by atoms with Crippen LogP contribution in [0, 0.1) is 17.6 Å². The molecule has 1 aliphatic rings. The Morgan fingerprint density at radius 3 is 2.76 bits per heavy atom. The van der Waals surface area contributed by atoms with Crippen LogP contribution in [0.1, 0.15) is 41.3 Å². The van der Waals surface area contributed by atoms with Gasteiger partial charge in [0.1, 0.15) is 0 Å². The minimum absolute atomic E-state index is 0.00993. The number of aliphatic hydroxyl groups excluding tert-OH is 1. The minimum Gasteiger partial charge on any atom is -0.441 e. The molecular weight excluding hydrogens is 475 g/mol. The van der Waals surface area contributed by atoms with Gasteiger partial charge in [-0.15, -0.1) is 0 Å². The van der Waals surface area contributed by atoms with Gasteiger partial charge in [-0.05, 0) is 66.6 Å². The van der Waals surface area contributed by atoms with Gasteiger partial charge in [0.25, 0.3) is 0 Å². The standard InChI is InChI=1S/C23H23Cl2F2N3O3/c1-30-22(17(24)11-29-30)16-9-21(33-23(16)25)20(32)7-13-10-28-14(4-5-31)8-15(13)12-2-3-18(26)19(27)6-12/h2-3,6,9,11,13-15,28,31H,4-5,7-8,10H2,1H3/t13-,14?,15+/m1/s1. The van der Waals surface area contributed by atoms with Crippen LogP contribution in [0.5, 0.6) is 0 Å². The van der Waals surface area contributed by atoms with E-state index in [0.29, 0.717) is 41.2 Å². The number of furan rings is 1. The Bertz CT molecular complexity index is 1140. The normalized spacial score (nSPS) is 20.8. The number of halogens is 4. The van der Waals surface area contributed by atoms with Crippen molar-refractivity contribution in [1.82, 2.24) is 15.1 Å². The molecule has 0 saturated carbocycles. The van der Waals surface area contributed by atoms with E-state index in [9.17, 15) is 18.7 Å². The van der Waals surface area contributed by atoms with E-state index in [2.05, 4.69) is 10.4 Å². The van der Waals surface area contributed by atoms with Crippen molar-refractivity contribution in [2.24, 2.45) is 13.0 Å². The molecule has 0 amide bonds. The number of aliphatic hydroxyl groups is 1. The average Bonchev–Trinajstić information content (AvgIpc) is 3.32. The molecule has 3 aromatic rings. The third kappa shape index (κ3) is 4.99. The van der Waals surface area contributed by atoms with E-state index in [1.54, 1.807) is 23.9 Å². The number of benzene rings is 1. The predicted molar refractivity (Wildman–Crippen MR) is 121 cm³/mol. The lowest BCUT2D eigenvalue weighted by atomic mass is 9.75. The maximum absolute atomic E-state index is 13.9. The molecule has 1 fully saturated rings. The molecule has 6 nitrogen and oxygen atoms in total. The molecule has 2 N–H and O–H groups in total. The highest BCUT2D eigenvalue weighted by molar-refractivity contribution is 6.35. The Morgan fingerprint density at radius 1 is 1.30 bits per heavy atom. The number of aryl methyl sites for hydroxylation is 1. The molecule has 0 radical (unpaired) electrons. The summed E-state index contributed by atoms with van der Waals surface area (Å²) >= 11 is 12.4. The quantitative estimate of drug-likeness (QED) is 0.449. The van der Waals surface area contributed by atoms with Crippen molar-refractivity contribution >= 4 is 29.0 Å². The highest BCUT2D eigenvalue weighted by Gasteiger charge is 2.34. The van der Waals surface area contributed by atoms with Crippen molar-refractivity contribution < 1.29 is 23.1 Å². The number of hydrogen-bond donors (Lipinski definition) is 2. The molecule has 0 aliphatic carbocycles. The Hall–Kier alpha value is -2.26. The first kappa shape index (κ1) is 23.9. The largest absolute Gasteiger partial charge is 0.441 e. The van der Waals surface area contributed by atoms with Crippen molar-refractivity contribution in [2.75, 3.05) is 13.2 Å². The Labute approximate surface area is 199 Å². The van der Waals surface area contributed by atoms with Gasteiger partial charge in [0, 0.05) is 26.1 Å². The number of nitrogens with zero attached hydrogens (tertiary/aromatic N) is 2. The lowest BCUT2D eigenvalue weighted by Crippen LogP contribution is -2.44. The molecule has 1 aliphatic heterocycles. The van der Waals surface area contributed by atoms with Gasteiger partial charge in [0.2, 0.25) is 5.22 Å². The third-order valence-corrected chi connectivity index (χ3v) is 6.74. The van der Waals surface area contributed by atoms with Gasteiger partial charge >= 0.3 is 0 Å². The number of rotatable bonds is 7. The second-order valence-electron chi connectivity index (χ2n) is 8.28. The van der Waals surface area contributed by atoms with Crippen LogP contribution in [0.15, 0.2) is 34.9 Å². The van der Waals surface area contributed by atoms with E-state index in [1.165, 1.54) is 12.3 Å². The van der Waals surface area contributed by atoms with Gasteiger partial charge in [-0.2, -0.15) is 5.10 Å². The van der Waals surface area contributed by atoms with Gasteiger partial charge in [-0.1, -0.05) is 17.7 Å². The summed E-state index contributed by atoms with van der Waals surface area (Å²) in [7, 11) is 1.70. The Kier molecular flexibility index (Phi) is 7.19. The first-order chi connectivity index (χ1) is 15.8. The number of Topliss-reactive ketones (excluding diaryl/α,β-unsaturated/α-hetero) is 1. The van der Waals surface area contributed by atoms with Crippen LogP contribution < -0.4 is 5.32 Å². The van der Waals surface area contributed by atoms with E-state index in [1.807, 2.05) is 0 Å². The molecule has 3 heterocycles. The average molecular weight is 498 g/mol. The zero-order valence-electron chi connectivity index (χ0n) is 17.8. The topological polar surface area (TPSA) is 80.3 Å². The number of aromatic nitrogens is 2. The summed E-state index contributed by atoms with van der Waals surface area (Å²) in [6.07, 6.45) is 2.71. The van der Waals surface area contributed by atoms with Crippen molar-refractivity contribution in [3.05, 3.63) is 63.7 Å². The molecule has 4 rings (SSSR count). The summed E-state index contributed by atoms with van der Waals surface area (Å²) in [6.45, 7) is 0.491. The van der Waals surface area contributed by atoms with Crippen LogP contribution in [-0.4, -0.2) is 39.9 Å². The fourth-order valence-electron chi connectivity index (χ4n) is 4.50. The molecular formula is C23H23Cl2F2N3O3. The van der Waals surface area contributed by atoms with Crippen molar-refractivity contribution in [1.29, 1.82) is 0 Å². The Balaban J connectivity index is 1.58. The lowest BCUT2D eigenvalue weighted by Gasteiger charge is -2.37. The fraction of sp³-hybridized carbons (Fsp3) is 0.391. The number of piperidine rings is 1. The zero-order valence-corrected chi connectivity index (χ0v) is 19.3. The summed E-state index contributed by atoms with van der Waals surface area (Å²) in [4.78, 5) is 13.1. The monoisotopic (exact) mass is 497 g/mol. The molecule has 1 saturated heterocycles. The second kappa shape index (κ2) is 9.93. The van der Waals surface area contributed by atoms with Crippen molar-refractivity contribution in [2.45, 2.75) is 31.2 Å². The van der Waals surface area contributed by atoms with Gasteiger partial charge in [-0.25, -0.2) is 8.78 Å². The molecule has 176 valence electrons. The second-order valence-corrected chi connectivity index (χ2v) is 9.03. The predicted octanol–water partition coefficient (Wildman–Crippen LogP) is 4.98. The summed E-state index contributed by atoms with van der Waals surface area (Å²) < 4.78 is 34.5. The van der Waals surface area contributed by atoms with Crippen molar-refractivity contribution in [3.8, 4) is 11.3 Å². The molecule has 0 bridgehead atoms. The van der Waals surface area contributed by atoms with Crippen LogP contribution in [0.4, 0.5) is 8.78 Å². The first-order valence-electron chi connectivity index (χ1n) is 10.6. The van der Waals surface area contributed by atoms with E-state index in [4.69, 9.17) is 27.6 Å². The molecule has 1 unspecified atom stereocenters. The summed E-state index contributed by atoms with van der Waals surface area (Å²) in [5.41, 5.74) is 1.62. The smallest absolute Gasteiger partial charge is 0.203 e. The van der Waals surface area contributed by atoms with Crippen LogP contribution in [0.25, 0.3) is 11.3 Å². The first-order valence-corrected chi connectivity index (χ1v) is 11.3. The highest BCUT2D eigenvalue weighted by Crippen LogP contribution is 2.39. The number of carbonyl (C=O) groups excluding carboxylic acids is 1. The highest BCUT2D eigenvalue weighted by atomic mass is 35.5. The lowest BCUT2D eigenvalue weighted by molar-refractivity contribution is 0.0909. The van der Waals surface area contributed by atoms with Gasteiger partial charge in [-0.3, -0.25) is 9.48 Å². The number of carbonyl (C=O) groups is 1. The molecule has 1 aromatic carbocycles. The van der Waals surface area contributed by atoms with Crippen molar-refractivity contribution in [3.63, 3.8) is 0 Å². The van der Waals surface area contributed by atoms with Gasteiger partial charge < -0.3 is 14.8 Å². The van der Waals surface area contributed by atoms with E-state index in [-0.39, 0.29) is 47.7 Å². The number of nitrogens with one attached hydrogen (secondary N) is 1.